The van der Waals surface area contributed by atoms with E-state index in [1.807, 2.05) is 11.3 Å². The van der Waals surface area contributed by atoms with Gasteiger partial charge in [0, 0.05) is 17.8 Å². The smallest absolute Gasteiger partial charge is 0.0345 e. The van der Waals surface area contributed by atoms with Crippen molar-refractivity contribution >= 4 is 21.4 Å². The van der Waals surface area contributed by atoms with Gasteiger partial charge in [-0.1, -0.05) is 18.2 Å². The van der Waals surface area contributed by atoms with Gasteiger partial charge in [-0.3, -0.25) is 0 Å². The van der Waals surface area contributed by atoms with Crippen LogP contribution in [0.3, 0.4) is 0 Å². The van der Waals surface area contributed by atoms with Crippen molar-refractivity contribution in [2.45, 2.75) is 18.8 Å². The average Bonchev–Trinajstić information content (AvgIpc) is 2.84. The Bertz CT molecular complexity index is 512. The van der Waals surface area contributed by atoms with Crippen molar-refractivity contribution in [1.82, 2.24) is 4.90 Å². The van der Waals surface area contributed by atoms with Crippen molar-refractivity contribution in [1.29, 1.82) is 0 Å². The molecule has 3 heteroatoms. The SMILES string of the molecule is NCCN1CCC(c2csc3ccccc23)CC1. The van der Waals surface area contributed by atoms with E-state index in [9.17, 15) is 0 Å². The summed E-state index contributed by atoms with van der Waals surface area (Å²) in [4.78, 5) is 2.49. The van der Waals surface area contributed by atoms with Crippen LogP contribution in [-0.2, 0) is 0 Å². The van der Waals surface area contributed by atoms with E-state index in [0.29, 0.717) is 0 Å². The van der Waals surface area contributed by atoms with Crippen molar-refractivity contribution < 1.29 is 0 Å². The summed E-state index contributed by atoms with van der Waals surface area (Å²) in [5, 5.41) is 3.84. The Kier molecular flexibility index (Phi) is 3.64. The molecular weight excluding hydrogens is 240 g/mol. The van der Waals surface area contributed by atoms with Gasteiger partial charge in [0.05, 0.1) is 0 Å². The number of thiophene rings is 1. The second-order valence-electron chi connectivity index (χ2n) is 5.09. The van der Waals surface area contributed by atoms with Gasteiger partial charge in [0.1, 0.15) is 0 Å². The zero-order chi connectivity index (χ0) is 12.4. The van der Waals surface area contributed by atoms with Gasteiger partial charge < -0.3 is 10.6 Å². The van der Waals surface area contributed by atoms with Gasteiger partial charge >= 0.3 is 0 Å². The van der Waals surface area contributed by atoms with Gasteiger partial charge in [-0.05, 0) is 54.2 Å². The van der Waals surface area contributed by atoms with Crippen LogP contribution in [0.5, 0.6) is 0 Å². The predicted molar refractivity (Wildman–Crippen MR) is 79.3 cm³/mol. The molecule has 0 atom stereocenters. The Morgan fingerprint density at radius 1 is 1.22 bits per heavy atom. The minimum absolute atomic E-state index is 0.746. The molecule has 1 saturated heterocycles. The summed E-state index contributed by atoms with van der Waals surface area (Å²) in [6, 6.07) is 8.79. The maximum Gasteiger partial charge on any atom is 0.0345 e. The van der Waals surface area contributed by atoms with Crippen LogP contribution < -0.4 is 5.73 Å². The summed E-state index contributed by atoms with van der Waals surface area (Å²) in [5.41, 5.74) is 7.20. The monoisotopic (exact) mass is 260 g/mol. The number of fused-ring (bicyclic) bond motifs is 1. The lowest BCUT2D eigenvalue weighted by molar-refractivity contribution is 0.218. The van der Waals surface area contributed by atoms with Crippen molar-refractivity contribution in [2.24, 2.45) is 5.73 Å². The molecule has 0 radical (unpaired) electrons. The zero-order valence-corrected chi connectivity index (χ0v) is 11.5. The fourth-order valence-electron chi connectivity index (χ4n) is 2.96. The minimum Gasteiger partial charge on any atom is -0.329 e. The van der Waals surface area contributed by atoms with Crippen molar-refractivity contribution in [3.63, 3.8) is 0 Å². The Balaban J connectivity index is 1.76. The number of rotatable bonds is 3. The van der Waals surface area contributed by atoms with E-state index < -0.39 is 0 Å². The summed E-state index contributed by atoms with van der Waals surface area (Å²) < 4.78 is 1.43. The topological polar surface area (TPSA) is 29.3 Å². The Hall–Kier alpha value is -0.900. The highest BCUT2D eigenvalue weighted by atomic mass is 32.1. The molecular formula is C15H20N2S. The largest absolute Gasteiger partial charge is 0.329 e. The predicted octanol–water partition coefficient (Wildman–Crippen LogP) is 3.04. The highest BCUT2D eigenvalue weighted by molar-refractivity contribution is 7.17. The van der Waals surface area contributed by atoms with E-state index in [1.165, 1.54) is 36.0 Å². The van der Waals surface area contributed by atoms with Gasteiger partial charge in [-0.25, -0.2) is 0 Å². The summed E-state index contributed by atoms with van der Waals surface area (Å²) in [7, 11) is 0. The molecule has 0 bridgehead atoms. The number of hydrogen-bond donors (Lipinski definition) is 1. The third kappa shape index (κ3) is 2.30. The van der Waals surface area contributed by atoms with E-state index in [-0.39, 0.29) is 0 Å². The quantitative estimate of drug-likeness (QED) is 0.919. The van der Waals surface area contributed by atoms with Crippen LogP contribution in [-0.4, -0.2) is 31.1 Å². The van der Waals surface area contributed by atoms with Crippen LogP contribution >= 0.6 is 11.3 Å². The zero-order valence-electron chi connectivity index (χ0n) is 10.6. The summed E-state index contributed by atoms with van der Waals surface area (Å²) in [5.74, 6) is 0.746. The lowest BCUT2D eigenvalue weighted by atomic mass is 9.89. The third-order valence-electron chi connectivity index (χ3n) is 3.98. The van der Waals surface area contributed by atoms with E-state index >= 15 is 0 Å². The molecule has 2 heterocycles. The second kappa shape index (κ2) is 5.39. The molecule has 0 spiro atoms. The average molecular weight is 260 g/mol. The maximum absolute atomic E-state index is 5.62. The summed E-state index contributed by atoms with van der Waals surface area (Å²) in [6.45, 7) is 4.24. The van der Waals surface area contributed by atoms with Crippen molar-refractivity contribution in [3.05, 3.63) is 35.2 Å². The number of nitrogens with zero attached hydrogens (tertiary/aromatic N) is 1. The number of likely N-dealkylation sites (tertiary alicyclic amines) is 1. The molecule has 0 aliphatic carbocycles. The van der Waals surface area contributed by atoms with Crippen LogP contribution in [0.2, 0.25) is 0 Å². The van der Waals surface area contributed by atoms with Gasteiger partial charge in [-0.2, -0.15) is 0 Å². The Labute approximate surface area is 112 Å². The molecule has 96 valence electrons. The molecule has 1 aromatic heterocycles. The van der Waals surface area contributed by atoms with Crippen LogP contribution in [0.25, 0.3) is 10.1 Å². The Morgan fingerprint density at radius 3 is 2.78 bits per heavy atom. The number of nitrogens with two attached hydrogens (primary N) is 1. The van der Waals surface area contributed by atoms with Crippen LogP contribution in [0.4, 0.5) is 0 Å². The number of piperidine rings is 1. The van der Waals surface area contributed by atoms with Gasteiger partial charge in [0.25, 0.3) is 0 Å². The highest BCUT2D eigenvalue weighted by Crippen LogP contribution is 2.36. The first-order chi connectivity index (χ1) is 8.88. The van der Waals surface area contributed by atoms with Crippen molar-refractivity contribution in [3.8, 4) is 0 Å². The third-order valence-corrected chi connectivity index (χ3v) is 4.97. The van der Waals surface area contributed by atoms with Gasteiger partial charge in [-0.15, -0.1) is 11.3 Å². The van der Waals surface area contributed by atoms with Crippen molar-refractivity contribution in [2.75, 3.05) is 26.2 Å². The molecule has 2 aromatic rings. The van der Waals surface area contributed by atoms with Crippen LogP contribution in [0.15, 0.2) is 29.6 Å². The highest BCUT2D eigenvalue weighted by Gasteiger charge is 2.22. The second-order valence-corrected chi connectivity index (χ2v) is 6.00. The first-order valence-corrected chi connectivity index (χ1v) is 7.65. The number of hydrogen-bond acceptors (Lipinski definition) is 3. The summed E-state index contributed by atoms with van der Waals surface area (Å²) in [6.07, 6.45) is 2.56. The molecule has 0 saturated carbocycles. The first kappa shape index (κ1) is 12.2. The fraction of sp³-hybridized carbons (Fsp3) is 0.467. The molecule has 0 unspecified atom stereocenters. The maximum atomic E-state index is 5.62. The first-order valence-electron chi connectivity index (χ1n) is 6.77. The fourth-order valence-corrected chi connectivity index (χ4v) is 4.01. The van der Waals surface area contributed by atoms with Crippen LogP contribution in [0.1, 0.15) is 24.3 Å². The lowest BCUT2D eigenvalue weighted by Gasteiger charge is -2.31. The molecule has 1 aliphatic rings. The number of benzene rings is 1. The van der Waals surface area contributed by atoms with E-state index in [1.54, 1.807) is 5.56 Å². The molecule has 1 fully saturated rings. The van der Waals surface area contributed by atoms with Gasteiger partial charge in [0.15, 0.2) is 0 Å². The van der Waals surface area contributed by atoms with E-state index in [2.05, 4.69) is 34.5 Å². The normalized spacial score (nSPS) is 18.5. The molecule has 1 aromatic carbocycles. The van der Waals surface area contributed by atoms with E-state index in [4.69, 9.17) is 5.73 Å². The van der Waals surface area contributed by atoms with Crippen LogP contribution in [0, 0.1) is 0 Å². The van der Waals surface area contributed by atoms with Gasteiger partial charge in [0.2, 0.25) is 0 Å². The molecule has 3 rings (SSSR count). The Morgan fingerprint density at radius 2 is 2.00 bits per heavy atom. The minimum atomic E-state index is 0.746. The lowest BCUT2D eigenvalue weighted by Crippen LogP contribution is -2.36. The van der Waals surface area contributed by atoms with E-state index in [0.717, 1.165) is 19.0 Å². The molecule has 1 aliphatic heterocycles. The molecule has 2 nitrogen and oxygen atoms in total. The molecule has 2 N–H and O–H groups in total. The molecule has 18 heavy (non-hydrogen) atoms. The standard InChI is InChI=1S/C15H20N2S/c16-7-10-17-8-5-12(6-9-17)14-11-18-15-4-2-1-3-13(14)15/h1-4,11-12H,5-10,16H2. The summed E-state index contributed by atoms with van der Waals surface area (Å²) >= 11 is 1.89. The molecule has 0 amide bonds.